The van der Waals surface area contributed by atoms with Gasteiger partial charge in [0.1, 0.15) is 0 Å². The van der Waals surface area contributed by atoms with Crippen LogP contribution in [0.4, 0.5) is 0 Å². The zero-order chi connectivity index (χ0) is 12.9. The normalized spacial score (nSPS) is 13.7. The Balaban J connectivity index is 2.60. The van der Waals surface area contributed by atoms with Crippen LogP contribution in [-0.4, -0.2) is 19.6 Å². The molecule has 0 saturated carbocycles. The van der Waals surface area contributed by atoms with E-state index >= 15 is 0 Å². The number of benzene rings is 1. The molecule has 0 radical (unpaired) electrons. The average molecular weight is 299 g/mol. The molecule has 17 heavy (non-hydrogen) atoms. The fourth-order valence-corrected chi connectivity index (χ4v) is 2.64. The third-order valence-corrected chi connectivity index (χ3v) is 3.76. The van der Waals surface area contributed by atoms with Crippen molar-refractivity contribution < 1.29 is 0 Å². The van der Waals surface area contributed by atoms with Crippen molar-refractivity contribution in [1.29, 1.82) is 0 Å². The van der Waals surface area contributed by atoms with Crippen molar-refractivity contribution >= 4 is 15.9 Å². The molecule has 0 aromatic heterocycles. The number of nitrogens with one attached hydrogen (secondary N) is 1. The predicted octanol–water partition coefficient (Wildman–Crippen LogP) is 2.91. The number of hydrogen-bond acceptors (Lipinski definition) is 2. The first-order valence-corrected chi connectivity index (χ1v) is 6.92. The molecule has 0 amide bonds. The lowest BCUT2D eigenvalue weighted by Gasteiger charge is -2.27. The summed E-state index contributed by atoms with van der Waals surface area (Å²) in [4.78, 5) is 0. The summed E-state index contributed by atoms with van der Waals surface area (Å²) in [5, 5.41) is 3.50. The summed E-state index contributed by atoms with van der Waals surface area (Å²) in [6.07, 6.45) is 0. The lowest BCUT2D eigenvalue weighted by atomic mass is 9.84. The Morgan fingerprint density at radius 1 is 1.35 bits per heavy atom. The van der Waals surface area contributed by atoms with E-state index in [0.717, 1.165) is 19.6 Å². The largest absolute Gasteiger partial charge is 0.330 e. The molecule has 0 aliphatic rings. The van der Waals surface area contributed by atoms with Crippen LogP contribution < -0.4 is 11.1 Å². The monoisotopic (exact) mass is 298 g/mol. The maximum atomic E-state index is 5.61. The Hall–Kier alpha value is -0.380. The van der Waals surface area contributed by atoms with Crippen molar-refractivity contribution in [1.82, 2.24) is 5.32 Å². The Morgan fingerprint density at radius 2 is 2.00 bits per heavy atom. The van der Waals surface area contributed by atoms with Gasteiger partial charge in [0.2, 0.25) is 0 Å². The molecule has 0 spiro atoms. The van der Waals surface area contributed by atoms with E-state index in [-0.39, 0.29) is 5.41 Å². The summed E-state index contributed by atoms with van der Waals surface area (Å²) < 4.78 is 1.18. The maximum absolute atomic E-state index is 5.61. The molecule has 0 saturated heterocycles. The van der Waals surface area contributed by atoms with E-state index in [1.165, 1.54) is 10.0 Å². The first-order chi connectivity index (χ1) is 7.97. The number of hydrogen-bond donors (Lipinski definition) is 2. The van der Waals surface area contributed by atoms with E-state index < -0.39 is 0 Å². The van der Waals surface area contributed by atoms with Gasteiger partial charge in [-0.1, -0.05) is 54.9 Å². The van der Waals surface area contributed by atoms with Gasteiger partial charge in [-0.15, -0.1) is 0 Å². The Kier molecular flexibility index (Phi) is 5.63. The molecule has 0 aliphatic heterocycles. The summed E-state index contributed by atoms with van der Waals surface area (Å²) in [6, 6.07) is 8.41. The van der Waals surface area contributed by atoms with E-state index in [0.29, 0.717) is 5.92 Å². The SMILES string of the molecule is CC(CN)CNCC(C)(C)c1ccccc1Br. The van der Waals surface area contributed by atoms with E-state index in [9.17, 15) is 0 Å². The van der Waals surface area contributed by atoms with Crippen molar-refractivity contribution in [3.05, 3.63) is 34.3 Å². The molecule has 1 unspecified atom stereocenters. The molecule has 1 rings (SSSR count). The summed E-state index contributed by atoms with van der Waals surface area (Å²) in [5.74, 6) is 0.532. The molecule has 1 aromatic carbocycles. The Labute approximate surface area is 113 Å². The van der Waals surface area contributed by atoms with Gasteiger partial charge in [-0.25, -0.2) is 0 Å². The van der Waals surface area contributed by atoms with E-state index in [1.54, 1.807) is 0 Å². The molecule has 0 bridgehead atoms. The third kappa shape index (κ3) is 4.41. The van der Waals surface area contributed by atoms with Gasteiger partial charge in [-0.05, 0) is 30.6 Å². The molecule has 0 heterocycles. The molecule has 0 aliphatic carbocycles. The molecule has 0 fully saturated rings. The van der Waals surface area contributed by atoms with Crippen LogP contribution in [0.1, 0.15) is 26.3 Å². The highest BCUT2D eigenvalue weighted by Gasteiger charge is 2.22. The maximum Gasteiger partial charge on any atom is 0.0213 e. The molecule has 2 nitrogen and oxygen atoms in total. The zero-order valence-corrected chi connectivity index (χ0v) is 12.5. The van der Waals surface area contributed by atoms with E-state index in [4.69, 9.17) is 5.73 Å². The quantitative estimate of drug-likeness (QED) is 0.847. The van der Waals surface area contributed by atoms with Gasteiger partial charge in [0.15, 0.2) is 0 Å². The average Bonchev–Trinajstić information content (AvgIpc) is 2.28. The summed E-state index contributed by atoms with van der Waals surface area (Å²) >= 11 is 3.62. The van der Waals surface area contributed by atoms with Crippen molar-refractivity contribution in [2.45, 2.75) is 26.2 Å². The van der Waals surface area contributed by atoms with Crippen LogP contribution in [0.3, 0.4) is 0 Å². The van der Waals surface area contributed by atoms with Crippen LogP contribution in [-0.2, 0) is 5.41 Å². The molecular weight excluding hydrogens is 276 g/mol. The Bertz CT molecular complexity index is 350. The lowest BCUT2D eigenvalue weighted by Crippen LogP contribution is -2.36. The van der Waals surface area contributed by atoms with Crippen LogP contribution in [0.25, 0.3) is 0 Å². The second kappa shape index (κ2) is 6.53. The molecule has 1 aromatic rings. The summed E-state index contributed by atoms with van der Waals surface area (Å²) in [6.45, 7) is 9.35. The molecule has 3 heteroatoms. The smallest absolute Gasteiger partial charge is 0.0213 e. The van der Waals surface area contributed by atoms with Crippen molar-refractivity contribution in [2.75, 3.05) is 19.6 Å². The van der Waals surface area contributed by atoms with Gasteiger partial charge >= 0.3 is 0 Å². The van der Waals surface area contributed by atoms with Gasteiger partial charge in [-0.2, -0.15) is 0 Å². The minimum absolute atomic E-state index is 0.119. The van der Waals surface area contributed by atoms with Gasteiger partial charge < -0.3 is 11.1 Å². The molecule has 1 atom stereocenters. The number of nitrogens with two attached hydrogens (primary N) is 1. The minimum Gasteiger partial charge on any atom is -0.330 e. The molecular formula is C14H23BrN2. The van der Waals surface area contributed by atoms with Crippen molar-refractivity contribution in [2.24, 2.45) is 11.7 Å². The van der Waals surface area contributed by atoms with Gasteiger partial charge in [0.25, 0.3) is 0 Å². The van der Waals surface area contributed by atoms with Crippen molar-refractivity contribution in [3.63, 3.8) is 0 Å². The first kappa shape index (κ1) is 14.7. The highest BCUT2D eigenvalue weighted by Crippen LogP contribution is 2.29. The zero-order valence-electron chi connectivity index (χ0n) is 11.0. The van der Waals surface area contributed by atoms with Crippen molar-refractivity contribution in [3.8, 4) is 0 Å². The standard InChI is InChI=1S/C14H23BrN2/c1-11(8-16)9-17-10-14(2,3)12-6-4-5-7-13(12)15/h4-7,11,17H,8-10,16H2,1-3H3. The van der Waals surface area contributed by atoms with Gasteiger partial charge in [0.05, 0.1) is 0 Å². The van der Waals surface area contributed by atoms with E-state index in [2.05, 4.69) is 60.2 Å². The molecule has 3 N–H and O–H groups in total. The van der Waals surface area contributed by atoms with Crippen LogP contribution in [0.2, 0.25) is 0 Å². The topological polar surface area (TPSA) is 38.0 Å². The number of rotatable bonds is 6. The second-order valence-electron chi connectivity index (χ2n) is 5.34. The summed E-state index contributed by atoms with van der Waals surface area (Å²) in [7, 11) is 0. The third-order valence-electron chi connectivity index (χ3n) is 3.07. The Morgan fingerprint density at radius 3 is 2.59 bits per heavy atom. The highest BCUT2D eigenvalue weighted by atomic mass is 79.9. The van der Waals surface area contributed by atoms with Gasteiger partial charge in [-0.3, -0.25) is 0 Å². The van der Waals surface area contributed by atoms with Crippen LogP contribution in [0.15, 0.2) is 28.7 Å². The highest BCUT2D eigenvalue weighted by molar-refractivity contribution is 9.10. The summed E-state index contributed by atoms with van der Waals surface area (Å²) in [5.41, 5.74) is 7.07. The fourth-order valence-electron chi connectivity index (χ4n) is 1.82. The predicted molar refractivity (Wildman–Crippen MR) is 78.3 cm³/mol. The van der Waals surface area contributed by atoms with Crippen LogP contribution >= 0.6 is 15.9 Å². The van der Waals surface area contributed by atoms with Gasteiger partial charge in [0, 0.05) is 16.4 Å². The second-order valence-corrected chi connectivity index (χ2v) is 6.19. The number of halogens is 1. The minimum atomic E-state index is 0.119. The fraction of sp³-hybridized carbons (Fsp3) is 0.571. The molecule has 96 valence electrons. The lowest BCUT2D eigenvalue weighted by molar-refractivity contribution is 0.433. The van der Waals surface area contributed by atoms with Crippen LogP contribution in [0, 0.1) is 5.92 Å². The van der Waals surface area contributed by atoms with Crippen LogP contribution in [0.5, 0.6) is 0 Å². The van der Waals surface area contributed by atoms with E-state index in [1.807, 2.05) is 6.07 Å². The first-order valence-electron chi connectivity index (χ1n) is 6.13.